The fraction of sp³-hybridized carbons (Fsp3) is 0.167. The maximum Gasteiger partial charge on any atom is 0.250 e. The lowest BCUT2D eigenvalue weighted by Crippen LogP contribution is -2.19. The zero-order valence-electron chi connectivity index (χ0n) is 14.3. The van der Waals surface area contributed by atoms with Crippen LogP contribution in [0.25, 0.3) is 10.2 Å². The second-order valence-electron chi connectivity index (χ2n) is 5.18. The van der Waals surface area contributed by atoms with Gasteiger partial charge in [0.15, 0.2) is 4.34 Å². The Hall–Kier alpha value is -2.58. The molecule has 0 fully saturated rings. The number of fused-ring (bicyclic) bond motifs is 1. The van der Waals surface area contributed by atoms with Crippen molar-refractivity contribution in [2.24, 2.45) is 5.10 Å². The van der Waals surface area contributed by atoms with Crippen molar-refractivity contribution in [3.05, 3.63) is 48.0 Å². The maximum atomic E-state index is 11.9. The molecule has 2 aromatic carbocycles. The molecule has 6 nitrogen and oxygen atoms in total. The summed E-state index contributed by atoms with van der Waals surface area (Å²) in [6.45, 7) is 0. The molecule has 1 N–H and O–H groups in total. The Morgan fingerprint density at radius 3 is 2.65 bits per heavy atom. The van der Waals surface area contributed by atoms with E-state index in [-0.39, 0.29) is 11.7 Å². The number of nitrogens with one attached hydrogen (secondary N) is 1. The predicted molar refractivity (Wildman–Crippen MR) is 106 cm³/mol. The number of methoxy groups -OCH3 is 2. The van der Waals surface area contributed by atoms with Gasteiger partial charge in [-0.2, -0.15) is 5.10 Å². The maximum absolute atomic E-state index is 11.9. The molecular weight excluding hydrogens is 370 g/mol. The minimum absolute atomic E-state index is 0.194. The number of hydrazone groups is 1. The lowest BCUT2D eigenvalue weighted by Gasteiger charge is -2.05. The van der Waals surface area contributed by atoms with Crippen LogP contribution in [0.5, 0.6) is 11.5 Å². The highest BCUT2D eigenvalue weighted by Crippen LogP contribution is 2.29. The first-order valence-corrected chi connectivity index (χ1v) is 9.51. The average Bonchev–Trinajstić information content (AvgIpc) is 3.09. The van der Waals surface area contributed by atoms with Crippen LogP contribution in [0.15, 0.2) is 51.9 Å². The quantitative estimate of drug-likeness (QED) is 0.381. The fourth-order valence-electron chi connectivity index (χ4n) is 2.16. The van der Waals surface area contributed by atoms with Gasteiger partial charge in [-0.15, -0.1) is 11.3 Å². The molecule has 0 unspecified atom stereocenters. The Morgan fingerprint density at radius 1 is 1.23 bits per heavy atom. The number of nitrogens with zero attached hydrogens (tertiary/aromatic N) is 2. The van der Waals surface area contributed by atoms with Crippen LogP contribution in [-0.4, -0.2) is 37.1 Å². The largest absolute Gasteiger partial charge is 0.497 e. The van der Waals surface area contributed by atoms with Gasteiger partial charge in [-0.1, -0.05) is 23.9 Å². The number of carbonyl (C=O) groups excluding carboxylic acids is 1. The topological polar surface area (TPSA) is 72.8 Å². The van der Waals surface area contributed by atoms with E-state index in [1.165, 1.54) is 11.8 Å². The second-order valence-corrected chi connectivity index (χ2v) is 7.43. The Bertz CT molecular complexity index is 885. The van der Waals surface area contributed by atoms with Crippen LogP contribution >= 0.6 is 23.1 Å². The molecule has 1 aromatic heterocycles. The van der Waals surface area contributed by atoms with E-state index in [0.29, 0.717) is 11.5 Å². The zero-order valence-corrected chi connectivity index (χ0v) is 15.9. The highest BCUT2D eigenvalue weighted by molar-refractivity contribution is 8.01. The third-order valence-electron chi connectivity index (χ3n) is 3.38. The summed E-state index contributed by atoms with van der Waals surface area (Å²) in [6, 6.07) is 13.3. The number of aromatic nitrogens is 1. The highest BCUT2D eigenvalue weighted by Gasteiger charge is 2.07. The van der Waals surface area contributed by atoms with Gasteiger partial charge in [-0.05, 0) is 24.3 Å². The van der Waals surface area contributed by atoms with Crippen molar-refractivity contribution < 1.29 is 14.3 Å². The minimum Gasteiger partial charge on any atom is -0.497 e. The van der Waals surface area contributed by atoms with Crippen LogP contribution in [0, 0.1) is 0 Å². The minimum atomic E-state index is -0.194. The van der Waals surface area contributed by atoms with E-state index in [1.54, 1.807) is 50.0 Å². The van der Waals surface area contributed by atoms with Crippen LogP contribution < -0.4 is 14.9 Å². The van der Waals surface area contributed by atoms with Crippen LogP contribution in [-0.2, 0) is 4.79 Å². The SMILES string of the molecule is COc1cc(/C=N\NC(=O)CSc2nc3ccccc3s2)cc(OC)c1. The van der Waals surface area contributed by atoms with Gasteiger partial charge in [0.1, 0.15) is 11.5 Å². The number of carbonyl (C=O) groups is 1. The summed E-state index contributed by atoms with van der Waals surface area (Å²) in [7, 11) is 3.16. The summed E-state index contributed by atoms with van der Waals surface area (Å²) in [5.74, 6) is 1.37. The van der Waals surface area contributed by atoms with Gasteiger partial charge in [0.2, 0.25) is 0 Å². The molecule has 0 spiro atoms. The number of ether oxygens (including phenoxy) is 2. The van der Waals surface area contributed by atoms with Crippen molar-refractivity contribution in [3.63, 3.8) is 0 Å². The van der Waals surface area contributed by atoms with Gasteiger partial charge >= 0.3 is 0 Å². The first kappa shape index (κ1) is 18.2. The van der Waals surface area contributed by atoms with Crippen LogP contribution in [0.1, 0.15) is 5.56 Å². The van der Waals surface area contributed by atoms with Crippen molar-refractivity contribution in [2.45, 2.75) is 4.34 Å². The number of amides is 1. The van der Waals surface area contributed by atoms with Crippen molar-refractivity contribution in [1.82, 2.24) is 10.4 Å². The molecule has 0 radical (unpaired) electrons. The number of rotatable bonds is 7. The number of thiazole rings is 1. The average molecular weight is 387 g/mol. The molecule has 1 amide bonds. The third kappa shape index (κ3) is 4.74. The van der Waals surface area contributed by atoms with E-state index in [4.69, 9.17) is 9.47 Å². The zero-order chi connectivity index (χ0) is 18.4. The molecule has 0 atom stereocenters. The number of hydrogen-bond donors (Lipinski definition) is 1. The molecule has 8 heteroatoms. The second kappa shape index (κ2) is 8.68. The summed E-state index contributed by atoms with van der Waals surface area (Å²) in [6.07, 6.45) is 1.55. The van der Waals surface area contributed by atoms with Gasteiger partial charge in [0.25, 0.3) is 5.91 Å². The Kier molecular flexibility index (Phi) is 6.08. The molecule has 3 aromatic rings. The first-order chi connectivity index (χ1) is 12.7. The summed E-state index contributed by atoms with van der Waals surface area (Å²) in [5, 5.41) is 3.98. The summed E-state index contributed by atoms with van der Waals surface area (Å²) in [5.41, 5.74) is 4.23. The molecule has 0 saturated heterocycles. The number of benzene rings is 2. The molecule has 1 heterocycles. The highest BCUT2D eigenvalue weighted by atomic mass is 32.2. The molecule has 3 rings (SSSR count). The van der Waals surface area contributed by atoms with Crippen molar-refractivity contribution in [3.8, 4) is 11.5 Å². The Balaban J connectivity index is 1.54. The number of para-hydroxylation sites is 1. The van der Waals surface area contributed by atoms with E-state index < -0.39 is 0 Å². The molecule has 0 aliphatic rings. The molecular formula is C18H17N3O3S2. The Labute approximate surface area is 159 Å². The summed E-state index contributed by atoms with van der Waals surface area (Å²) in [4.78, 5) is 16.4. The number of hydrogen-bond acceptors (Lipinski definition) is 7. The Morgan fingerprint density at radius 2 is 1.96 bits per heavy atom. The molecule has 0 aliphatic carbocycles. The molecule has 0 aliphatic heterocycles. The van der Waals surface area contributed by atoms with Crippen LogP contribution in [0.3, 0.4) is 0 Å². The normalized spacial score (nSPS) is 11.0. The van der Waals surface area contributed by atoms with Crippen LogP contribution in [0.2, 0.25) is 0 Å². The fourth-order valence-corrected chi connectivity index (χ4v) is 4.02. The van der Waals surface area contributed by atoms with Gasteiger partial charge in [-0.25, -0.2) is 10.4 Å². The lowest BCUT2D eigenvalue weighted by atomic mass is 10.2. The van der Waals surface area contributed by atoms with Gasteiger partial charge in [0, 0.05) is 11.6 Å². The molecule has 0 bridgehead atoms. The summed E-state index contributed by atoms with van der Waals surface area (Å²) >= 11 is 2.97. The predicted octanol–water partition coefficient (Wildman–Crippen LogP) is 3.56. The van der Waals surface area contributed by atoms with Crippen molar-refractivity contribution >= 4 is 45.4 Å². The standard InChI is InChI=1S/C18H17N3O3S2/c1-23-13-7-12(8-14(9-13)24-2)10-19-21-17(22)11-25-18-20-15-5-3-4-6-16(15)26-18/h3-10H,11H2,1-2H3,(H,21,22)/b19-10-. The van der Waals surface area contributed by atoms with Gasteiger partial charge in [0.05, 0.1) is 36.4 Å². The molecule has 26 heavy (non-hydrogen) atoms. The first-order valence-electron chi connectivity index (χ1n) is 7.71. The molecule has 0 saturated carbocycles. The van der Waals surface area contributed by atoms with Crippen LogP contribution in [0.4, 0.5) is 0 Å². The third-order valence-corrected chi connectivity index (χ3v) is 5.56. The van der Waals surface area contributed by atoms with E-state index in [9.17, 15) is 4.79 Å². The van der Waals surface area contributed by atoms with E-state index in [0.717, 1.165) is 20.1 Å². The smallest absolute Gasteiger partial charge is 0.250 e. The number of thioether (sulfide) groups is 1. The summed E-state index contributed by atoms with van der Waals surface area (Å²) < 4.78 is 12.4. The van der Waals surface area contributed by atoms with E-state index in [1.807, 2.05) is 24.3 Å². The van der Waals surface area contributed by atoms with Crippen molar-refractivity contribution in [2.75, 3.05) is 20.0 Å². The molecule has 134 valence electrons. The van der Waals surface area contributed by atoms with Crippen molar-refractivity contribution in [1.29, 1.82) is 0 Å². The monoisotopic (exact) mass is 387 g/mol. The van der Waals surface area contributed by atoms with Gasteiger partial charge in [-0.3, -0.25) is 4.79 Å². The van der Waals surface area contributed by atoms with E-state index in [2.05, 4.69) is 15.5 Å². The lowest BCUT2D eigenvalue weighted by molar-refractivity contribution is -0.118. The van der Waals surface area contributed by atoms with E-state index >= 15 is 0 Å². The van der Waals surface area contributed by atoms with Gasteiger partial charge < -0.3 is 9.47 Å².